The highest BCUT2D eigenvalue weighted by molar-refractivity contribution is 7.91. The first-order chi connectivity index (χ1) is 9.60. The van der Waals surface area contributed by atoms with E-state index in [1.54, 1.807) is 25.1 Å². The number of nitrogens with zero attached hydrogens (tertiary/aromatic N) is 1. The van der Waals surface area contributed by atoms with Crippen molar-refractivity contribution >= 4 is 34.7 Å². The lowest BCUT2D eigenvalue weighted by molar-refractivity contribution is 0.597. The van der Waals surface area contributed by atoms with Gasteiger partial charge in [0.25, 0.3) is 0 Å². The number of aromatic amines is 1. The van der Waals surface area contributed by atoms with Crippen LogP contribution in [-0.2, 0) is 22.8 Å². The fraction of sp³-hybridized carbons (Fsp3) is 0.357. The zero-order valence-electron chi connectivity index (χ0n) is 12.1. The monoisotopic (exact) mass is 363 g/mol. The van der Waals surface area contributed by atoms with E-state index in [0.717, 1.165) is 42.3 Å². The Morgan fingerprint density at radius 1 is 1.27 bits per heavy atom. The summed E-state index contributed by atoms with van der Waals surface area (Å²) in [4.78, 5) is 8.21. The molecule has 0 atom stereocenters. The molecule has 8 heteroatoms. The van der Waals surface area contributed by atoms with Gasteiger partial charge in [-0.1, -0.05) is 19.1 Å². The number of hydrogen-bond acceptors (Lipinski definition) is 4. The largest absolute Gasteiger partial charge is 0.341 e. The molecule has 0 spiro atoms. The number of rotatable bonds is 3. The van der Waals surface area contributed by atoms with Gasteiger partial charge in [-0.05, 0) is 12.1 Å². The van der Waals surface area contributed by atoms with Crippen LogP contribution >= 0.6 is 24.8 Å². The Labute approximate surface area is 142 Å². The van der Waals surface area contributed by atoms with E-state index < -0.39 is 9.84 Å². The van der Waals surface area contributed by atoms with Gasteiger partial charge >= 0.3 is 0 Å². The first kappa shape index (κ1) is 19.0. The number of H-pyrrole nitrogens is 1. The molecule has 0 saturated heterocycles. The Kier molecular flexibility index (Phi) is 6.43. The highest BCUT2D eigenvalue weighted by Crippen LogP contribution is 2.23. The third-order valence-corrected chi connectivity index (χ3v) is 5.28. The number of benzene rings is 1. The molecule has 2 aromatic rings. The number of hydrogen-bond donors (Lipinski definition) is 2. The summed E-state index contributed by atoms with van der Waals surface area (Å²) in [5.41, 5.74) is 2.98. The second kappa shape index (κ2) is 7.46. The zero-order valence-corrected chi connectivity index (χ0v) is 14.6. The summed E-state index contributed by atoms with van der Waals surface area (Å²) >= 11 is 0. The van der Waals surface area contributed by atoms with Gasteiger partial charge in [0.15, 0.2) is 9.84 Å². The Hall–Kier alpha value is -1.08. The third kappa shape index (κ3) is 3.63. The van der Waals surface area contributed by atoms with E-state index in [4.69, 9.17) is 0 Å². The molecule has 1 aliphatic heterocycles. The number of imidazole rings is 1. The molecule has 1 aromatic carbocycles. The van der Waals surface area contributed by atoms with Crippen LogP contribution in [0.3, 0.4) is 0 Å². The number of aromatic nitrogens is 2. The average molecular weight is 364 g/mol. The molecule has 22 heavy (non-hydrogen) atoms. The fourth-order valence-corrected chi connectivity index (χ4v) is 3.28. The van der Waals surface area contributed by atoms with E-state index in [0.29, 0.717) is 4.90 Å². The van der Waals surface area contributed by atoms with Gasteiger partial charge in [-0.2, -0.15) is 0 Å². The van der Waals surface area contributed by atoms with Gasteiger partial charge in [-0.3, -0.25) is 0 Å². The van der Waals surface area contributed by atoms with E-state index in [1.807, 2.05) is 6.07 Å². The lowest BCUT2D eigenvalue weighted by Crippen LogP contribution is -2.23. The van der Waals surface area contributed by atoms with Crippen LogP contribution in [-0.4, -0.2) is 30.7 Å². The molecule has 1 aromatic heterocycles. The molecular formula is C14H19Cl2N3O2S. The molecule has 0 fully saturated rings. The van der Waals surface area contributed by atoms with Gasteiger partial charge in [-0.25, -0.2) is 13.4 Å². The molecule has 2 heterocycles. The molecule has 0 amide bonds. The minimum absolute atomic E-state index is 0. The van der Waals surface area contributed by atoms with Crippen LogP contribution in [0.2, 0.25) is 0 Å². The molecular weight excluding hydrogens is 345 g/mol. The molecule has 3 rings (SSSR count). The fourth-order valence-electron chi connectivity index (χ4n) is 2.36. The highest BCUT2D eigenvalue weighted by atomic mass is 35.5. The van der Waals surface area contributed by atoms with Crippen LogP contribution in [0, 0.1) is 0 Å². The first-order valence-electron chi connectivity index (χ1n) is 6.72. The molecule has 5 nitrogen and oxygen atoms in total. The predicted octanol–water partition coefficient (Wildman–Crippen LogP) is 2.36. The second-order valence-electron chi connectivity index (χ2n) is 4.87. The number of fused-ring (bicyclic) bond motifs is 1. The molecule has 0 unspecified atom stereocenters. The summed E-state index contributed by atoms with van der Waals surface area (Å²) in [5, 5.41) is 3.28. The van der Waals surface area contributed by atoms with Crippen LogP contribution in [0.4, 0.5) is 0 Å². The lowest BCUT2D eigenvalue weighted by Gasteiger charge is -2.09. The predicted molar refractivity (Wildman–Crippen MR) is 91.7 cm³/mol. The average Bonchev–Trinajstić information content (AvgIpc) is 2.91. The van der Waals surface area contributed by atoms with Crippen molar-refractivity contribution in [2.24, 2.45) is 0 Å². The van der Waals surface area contributed by atoms with Gasteiger partial charge < -0.3 is 10.3 Å². The van der Waals surface area contributed by atoms with Crippen molar-refractivity contribution in [3.05, 3.63) is 35.7 Å². The Morgan fingerprint density at radius 2 is 2.05 bits per heavy atom. The summed E-state index contributed by atoms with van der Waals surface area (Å²) in [6, 6.07) is 6.97. The van der Waals surface area contributed by atoms with E-state index in [1.165, 1.54) is 0 Å². The molecule has 2 N–H and O–H groups in total. The quantitative estimate of drug-likeness (QED) is 0.877. The second-order valence-corrected chi connectivity index (χ2v) is 7.15. The zero-order chi connectivity index (χ0) is 14.2. The number of halogens is 2. The molecule has 0 radical (unpaired) electrons. The third-order valence-electron chi connectivity index (χ3n) is 3.55. The smallest absolute Gasteiger partial charge is 0.178 e. The van der Waals surface area contributed by atoms with Gasteiger partial charge in [0.05, 0.1) is 22.0 Å². The SMILES string of the molecule is CCS(=O)(=O)c1cccc(-c2nc3c([nH]2)CNCC3)c1.Cl.Cl. The Bertz CT molecular complexity index is 721. The maximum Gasteiger partial charge on any atom is 0.178 e. The summed E-state index contributed by atoms with van der Waals surface area (Å²) in [5.74, 6) is 0.849. The molecule has 0 aliphatic carbocycles. The lowest BCUT2D eigenvalue weighted by atomic mass is 10.2. The summed E-state index contributed by atoms with van der Waals surface area (Å²) in [7, 11) is -3.18. The van der Waals surface area contributed by atoms with Crippen molar-refractivity contribution < 1.29 is 8.42 Å². The van der Waals surface area contributed by atoms with E-state index >= 15 is 0 Å². The summed E-state index contributed by atoms with van der Waals surface area (Å²) in [6.45, 7) is 3.37. The number of sulfone groups is 1. The topological polar surface area (TPSA) is 74.8 Å². The maximum atomic E-state index is 11.9. The van der Waals surface area contributed by atoms with Gasteiger partial charge in [-0.15, -0.1) is 24.8 Å². The van der Waals surface area contributed by atoms with E-state index in [-0.39, 0.29) is 30.6 Å². The highest BCUT2D eigenvalue weighted by Gasteiger charge is 2.17. The van der Waals surface area contributed by atoms with Crippen molar-refractivity contribution in [2.75, 3.05) is 12.3 Å². The van der Waals surface area contributed by atoms with E-state index in [2.05, 4.69) is 15.3 Å². The van der Waals surface area contributed by atoms with Crippen LogP contribution in [0.25, 0.3) is 11.4 Å². The van der Waals surface area contributed by atoms with Crippen LogP contribution < -0.4 is 5.32 Å². The standard InChI is InChI=1S/C14H17N3O2S.2ClH/c1-2-20(18,19)11-5-3-4-10(8-11)14-16-12-6-7-15-9-13(12)17-14;;/h3-5,8,15H,2,6-7,9H2,1H3,(H,16,17);2*1H. The minimum atomic E-state index is -3.18. The van der Waals surface area contributed by atoms with Crippen molar-refractivity contribution in [1.29, 1.82) is 0 Å². The van der Waals surface area contributed by atoms with Crippen molar-refractivity contribution in [1.82, 2.24) is 15.3 Å². The molecule has 122 valence electrons. The first-order valence-corrected chi connectivity index (χ1v) is 8.37. The van der Waals surface area contributed by atoms with Crippen molar-refractivity contribution in [3.8, 4) is 11.4 Å². The minimum Gasteiger partial charge on any atom is -0.341 e. The van der Waals surface area contributed by atoms with Crippen molar-refractivity contribution in [2.45, 2.75) is 24.8 Å². The Morgan fingerprint density at radius 3 is 2.73 bits per heavy atom. The number of nitrogens with one attached hydrogen (secondary N) is 2. The summed E-state index contributed by atoms with van der Waals surface area (Å²) in [6.07, 6.45) is 0.902. The van der Waals surface area contributed by atoms with Crippen LogP contribution in [0.5, 0.6) is 0 Å². The van der Waals surface area contributed by atoms with Crippen LogP contribution in [0.1, 0.15) is 18.3 Å². The normalized spacial score (nSPS) is 13.7. The molecule has 0 saturated carbocycles. The van der Waals surface area contributed by atoms with Gasteiger partial charge in [0.2, 0.25) is 0 Å². The Balaban J connectivity index is 0.00000121. The van der Waals surface area contributed by atoms with Crippen molar-refractivity contribution in [3.63, 3.8) is 0 Å². The van der Waals surface area contributed by atoms with Gasteiger partial charge in [0.1, 0.15) is 5.82 Å². The molecule has 1 aliphatic rings. The van der Waals surface area contributed by atoms with Crippen LogP contribution in [0.15, 0.2) is 29.2 Å². The van der Waals surface area contributed by atoms with Gasteiger partial charge in [0, 0.05) is 25.1 Å². The van der Waals surface area contributed by atoms with E-state index in [9.17, 15) is 8.42 Å². The molecule has 0 bridgehead atoms. The maximum absolute atomic E-state index is 11.9. The summed E-state index contributed by atoms with van der Waals surface area (Å²) < 4.78 is 23.9.